The number of aromatic nitrogens is 6. The summed E-state index contributed by atoms with van der Waals surface area (Å²) in [5, 5.41) is 7.47. The third kappa shape index (κ3) is 4.40. The van der Waals surface area contributed by atoms with Crippen molar-refractivity contribution in [3.8, 4) is 17.0 Å². The fraction of sp³-hybridized carbons (Fsp3) is 0.321. The van der Waals surface area contributed by atoms with Gasteiger partial charge in [-0.2, -0.15) is 9.49 Å². The van der Waals surface area contributed by atoms with E-state index in [2.05, 4.69) is 26.9 Å². The second-order valence-corrected chi connectivity index (χ2v) is 10.4. The maximum Gasteiger partial charge on any atom is 0.281 e. The Labute approximate surface area is 244 Å². The van der Waals surface area contributed by atoms with Crippen molar-refractivity contribution < 1.29 is 13.5 Å². The van der Waals surface area contributed by atoms with E-state index in [0.29, 0.717) is 34.8 Å². The van der Waals surface area contributed by atoms with Crippen LogP contribution in [-0.2, 0) is 0 Å². The van der Waals surface area contributed by atoms with E-state index in [9.17, 15) is 9.18 Å². The summed E-state index contributed by atoms with van der Waals surface area (Å²) in [6.45, 7) is 7.49. The Balaban J connectivity index is 1.58. The average molecular weight is 596 g/mol. The van der Waals surface area contributed by atoms with Gasteiger partial charge in [-0.05, 0) is 37.7 Å². The molecule has 2 N–H and O–H groups in total. The summed E-state index contributed by atoms with van der Waals surface area (Å²) in [5.74, 6) is -2.15. The van der Waals surface area contributed by atoms with Crippen LogP contribution >= 0.6 is 11.6 Å². The Morgan fingerprint density at radius 2 is 1.83 bits per heavy atom. The Kier molecular flexibility index (Phi) is 7.15. The SMILES string of the molecule is CCN1CCN(n2c(C(C)n3nc(-c4ccc(OC)c(F)c4F)c4c(N)ncnc43)nc3cccc(Cl)c3c2=O)CC1. The largest absolute Gasteiger partial charge is 0.494 e. The standard InChI is InChI=1S/C28H28ClF2N9O2/c1-4-37-10-12-38(13-11-37)40-26(35-18-7-5-6-17(29)20(18)28(40)41)15(2)39-27-21(25(32)33-14-34-27)24(36-39)16-8-9-19(42-3)23(31)22(16)30/h5-9,14-15H,4,10-13H2,1-3H3,(H2,32,33,34). The fourth-order valence-electron chi connectivity index (χ4n) is 5.43. The van der Waals surface area contributed by atoms with Crippen LogP contribution in [0.5, 0.6) is 5.75 Å². The topological polar surface area (TPSA) is 120 Å². The molecule has 42 heavy (non-hydrogen) atoms. The van der Waals surface area contributed by atoms with Crippen LogP contribution in [0, 0.1) is 11.6 Å². The molecule has 1 atom stereocenters. The summed E-state index contributed by atoms with van der Waals surface area (Å²) >= 11 is 6.48. The van der Waals surface area contributed by atoms with Gasteiger partial charge in [0, 0.05) is 31.7 Å². The normalized spacial score (nSPS) is 15.0. The quantitative estimate of drug-likeness (QED) is 0.314. The molecule has 14 heteroatoms. The lowest BCUT2D eigenvalue weighted by Gasteiger charge is -2.37. The van der Waals surface area contributed by atoms with Gasteiger partial charge in [0.1, 0.15) is 23.9 Å². The molecular weight excluding hydrogens is 568 g/mol. The van der Waals surface area contributed by atoms with E-state index in [4.69, 9.17) is 27.1 Å². The number of halogens is 3. The molecule has 218 valence electrons. The number of likely N-dealkylation sites (N-methyl/N-ethyl adjacent to an activating group) is 1. The van der Waals surface area contributed by atoms with E-state index in [1.807, 2.05) is 5.01 Å². The number of nitrogens with zero attached hydrogens (tertiary/aromatic N) is 8. The minimum atomic E-state index is -1.16. The Morgan fingerprint density at radius 3 is 2.55 bits per heavy atom. The van der Waals surface area contributed by atoms with E-state index in [-0.39, 0.29) is 39.4 Å². The first kappa shape index (κ1) is 27.8. The zero-order valence-corrected chi connectivity index (χ0v) is 23.9. The summed E-state index contributed by atoms with van der Waals surface area (Å²) < 4.78 is 38.0. The highest BCUT2D eigenvalue weighted by Crippen LogP contribution is 2.36. The first-order valence-corrected chi connectivity index (χ1v) is 13.8. The van der Waals surface area contributed by atoms with Gasteiger partial charge in [-0.3, -0.25) is 9.69 Å². The summed E-state index contributed by atoms with van der Waals surface area (Å²) in [4.78, 5) is 29.7. The van der Waals surface area contributed by atoms with Crippen LogP contribution in [0.25, 0.3) is 33.2 Å². The first-order chi connectivity index (χ1) is 20.2. The van der Waals surface area contributed by atoms with Crippen LogP contribution in [-0.4, -0.2) is 74.1 Å². The monoisotopic (exact) mass is 595 g/mol. The number of nitrogens with two attached hydrogens (primary N) is 1. The van der Waals surface area contributed by atoms with Crippen molar-refractivity contribution in [2.45, 2.75) is 19.9 Å². The van der Waals surface area contributed by atoms with Crippen molar-refractivity contribution in [2.75, 3.05) is 50.6 Å². The molecule has 0 aliphatic carbocycles. The minimum absolute atomic E-state index is 0.0374. The van der Waals surface area contributed by atoms with Crippen LogP contribution in [0.2, 0.25) is 5.02 Å². The van der Waals surface area contributed by atoms with Gasteiger partial charge in [0.2, 0.25) is 5.82 Å². The van der Waals surface area contributed by atoms with E-state index in [1.165, 1.54) is 30.3 Å². The van der Waals surface area contributed by atoms with E-state index in [1.54, 1.807) is 29.8 Å². The summed E-state index contributed by atoms with van der Waals surface area (Å²) in [5.41, 5.74) is 6.51. The van der Waals surface area contributed by atoms with Crippen molar-refractivity contribution in [3.63, 3.8) is 0 Å². The predicted octanol–water partition coefficient (Wildman–Crippen LogP) is 3.61. The first-order valence-electron chi connectivity index (χ1n) is 13.4. The third-order valence-corrected chi connectivity index (χ3v) is 8.02. The zero-order chi connectivity index (χ0) is 29.7. The number of methoxy groups -OCH3 is 1. The highest BCUT2D eigenvalue weighted by atomic mass is 35.5. The second kappa shape index (κ2) is 10.8. The Morgan fingerprint density at radius 1 is 1.07 bits per heavy atom. The summed E-state index contributed by atoms with van der Waals surface area (Å²) in [6, 6.07) is 7.07. The van der Waals surface area contributed by atoms with Crippen molar-refractivity contribution in [1.82, 2.24) is 34.3 Å². The molecular formula is C28H28ClF2N9O2. The summed E-state index contributed by atoms with van der Waals surface area (Å²) in [6.07, 6.45) is 1.27. The second-order valence-electron chi connectivity index (χ2n) is 9.98. The maximum atomic E-state index is 15.3. The Bertz CT molecular complexity index is 1890. The lowest BCUT2D eigenvalue weighted by atomic mass is 10.1. The zero-order valence-electron chi connectivity index (χ0n) is 23.2. The molecule has 0 saturated carbocycles. The van der Waals surface area contributed by atoms with Crippen LogP contribution in [0.1, 0.15) is 25.7 Å². The number of benzene rings is 2. The number of hydrogen-bond acceptors (Lipinski definition) is 9. The van der Waals surface area contributed by atoms with E-state index < -0.39 is 17.7 Å². The van der Waals surface area contributed by atoms with Crippen LogP contribution < -0.4 is 21.0 Å². The van der Waals surface area contributed by atoms with Crippen LogP contribution in [0.4, 0.5) is 14.6 Å². The summed E-state index contributed by atoms with van der Waals surface area (Å²) in [7, 11) is 1.25. The van der Waals surface area contributed by atoms with Crippen molar-refractivity contribution >= 4 is 39.4 Å². The van der Waals surface area contributed by atoms with Gasteiger partial charge in [0.25, 0.3) is 5.56 Å². The van der Waals surface area contributed by atoms with Gasteiger partial charge in [0.15, 0.2) is 23.0 Å². The smallest absolute Gasteiger partial charge is 0.281 e. The third-order valence-electron chi connectivity index (χ3n) is 7.71. The van der Waals surface area contributed by atoms with E-state index >= 15 is 4.39 Å². The van der Waals surface area contributed by atoms with Crippen molar-refractivity contribution in [2.24, 2.45) is 0 Å². The van der Waals surface area contributed by atoms with Crippen LogP contribution in [0.15, 0.2) is 41.5 Å². The molecule has 6 rings (SSSR count). The predicted molar refractivity (Wildman–Crippen MR) is 157 cm³/mol. The number of fused-ring (bicyclic) bond motifs is 2. The van der Waals surface area contributed by atoms with Gasteiger partial charge >= 0.3 is 0 Å². The number of anilines is 1. The van der Waals surface area contributed by atoms with Gasteiger partial charge < -0.3 is 15.5 Å². The van der Waals surface area contributed by atoms with Crippen molar-refractivity contribution in [1.29, 1.82) is 0 Å². The van der Waals surface area contributed by atoms with Gasteiger partial charge in [0.05, 0.1) is 28.4 Å². The molecule has 4 heterocycles. The molecule has 3 aromatic heterocycles. The molecule has 1 fully saturated rings. The Hall–Kier alpha value is -4.36. The highest BCUT2D eigenvalue weighted by molar-refractivity contribution is 6.35. The molecule has 1 saturated heterocycles. The lowest BCUT2D eigenvalue weighted by Crippen LogP contribution is -2.55. The van der Waals surface area contributed by atoms with Gasteiger partial charge in [-0.15, -0.1) is 0 Å². The van der Waals surface area contributed by atoms with Gasteiger partial charge in [-0.25, -0.2) is 28.7 Å². The molecule has 0 radical (unpaired) electrons. The molecule has 2 aromatic carbocycles. The molecule has 0 bridgehead atoms. The molecule has 11 nitrogen and oxygen atoms in total. The number of rotatable bonds is 6. The molecule has 0 amide bonds. The number of piperazine rings is 1. The molecule has 0 spiro atoms. The van der Waals surface area contributed by atoms with E-state index in [0.717, 1.165) is 19.6 Å². The van der Waals surface area contributed by atoms with Gasteiger partial charge in [-0.1, -0.05) is 24.6 Å². The number of nitrogen functional groups attached to an aromatic ring is 1. The minimum Gasteiger partial charge on any atom is -0.494 e. The number of hydrogen-bond donors (Lipinski definition) is 1. The molecule has 1 aliphatic heterocycles. The lowest BCUT2D eigenvalue weighted by molar-refractivity contribution is 0.247. The van der Waals surface area contributed by atoms with Crippen molar-refractivity contribution in [3.05, 3.63) is 69.5 Å². The molecule has 1 aliphatic rings. The molecule has 1 unspecified atom stereocenters. The average Bonchev–Trinajstić information content (AvgIpc) is 3.39. The fourth-order valence-corrected chi connectivity index (χ4v) is 5.68. The van der Waals surface area contributed by atoms with Crippen LogP contribution in [0.3, 0.4) is 0 Å². The molecule has 5 aromatic rings. The number of ether oxygens (including phenoxy) is 1. The maximum absolute atomic E-state index is 15.3. The highest BCUT2D eigenvalue weighted by Gasteiger charge is 2.29.